The summed E-state index contributed by atoms with van der Waals surface area (Å²) in [5, 5.41) is 3.58. The number of aromatic nitrogens is 1. The molecule has 1 heterocycles. The molecule has 0 radical (unpaired) electrons. The first-order valence-electron chi connectivity index (χ1n) is 8.04. The van der Waals surface area contributed by atoms with E-state index in [0.717, 1.165) is 26.9 Å². The lowest BCUT2D eigenvalue weighted by atomic mass is 9.99. The molecule has 0 saturated heterocycles. The smallest absolute Gasteiger partial charge is 0.258 e. The zero-order valence-electron chi connectivity index (χ0n) is 13.7. The maximum atomic E-state index is 12.8. The third-order valence-corrected chi connectivity index (χ3v) is 5.03. The molecule has 0 atom stereocenters. The molecule has 0 aliphatic rings. The second-order valence-electron chi connectivity index (χ2n) is 5.81. The number of nitrogens with zero attached hydrogens (tertiary/aromatic N) is 1. The van der Waals surface area contributed by atoms with Crippen LogP contribution in [-0.2, 0) is 0 Å². The Kier molecular flexibility index (Phi) is 4.04. The Morgan fingerprint density at radius 1 is 0.920 bits per heavy atom. The lowest BCUT2D eigenvalue weighted by Gasteiger charge is -2.09. The van der Waals surface area contributed by atoms with E-state index in [1.807, 2.05) is 79.7 Å². The highest BCUT2D eigenvalue weighted by molar-refractivity contribution is 7.22. The molecule has 4 aromatic rings. The third kappa shape index (κ3) is 3.04. The van der Waals surface area contributed by atoms with Crippen LogP contribution in [0.4, 0.5) is 5.13 Å². The van der Waals surface area contributed by atoms with Gasteiger partial charge in [0.05, 0.1) is 10.2 Å². The second-order valence-corrected chi connectivity index (χ2v) is 6.84. The van der Waals surface area contributed by atoms with Gasteiger partial charge in [0.25, 0.3) is 5.91 Å². The summed E-state index contributed by atoms with van der Waals surface area (Å²) in [6.45, 7) is 2.03. The Morgan fingerprint density at radius 3 is 2.48 bits per heavy atom. The molecule has 25 heavy (non-hydrogen) atoms. The molecule has 122 valence electrons. The summed E-state index contributed by atoms with van der Waals surface area (Å²) < 4.78 is 1.08. The molecule has 0 saturated carbocycles. The fourth-order valence-electron chi connectivity index (χ4n) is 2.85. The predicted molar refractivity (Wildman–Crippen MR) is 104 cm³/mol. The van der Waals surface area contributed by atoms with E-state index in [2.05, 4.69) is 10.3 Å². The molecule has 1 aromatic heterocycles. The molecule has 0 aliphatic carbocycles. The van der Waals surface area contributed by atoms with E-state index < -0.39 is 0 Å². The highest BCUT2D eigenvalue weighted by atomic mass is 32.1. The van der Waals surface area contributed by atoms with Gasteiger partial charge in [-0.05, 0) is 35.7 Å². The van der Waals surface area contributed by atoms with Crippen LogP contribution in [0.5, 0.6) is 0 Å². The summed E-state index contributed by atoms with van der Waals surface area (Å²) in [4.78, 5) is 17.4. The third-order valence-electron chi connectivity index (χ3n) is 4.10. The van der Waals surface area contributed by atoms with Crippen molar-refractivity contribution in [2.24, 2.45) is 0 Å². The number of anilines is 1. The number of benzene rings is 3. The molecule has 0 spiro atoms. The molecule has 3 nitrogen and oxygen atoms in total. The fraction of sp³-hybridized carbons (Fsp3) is 0.0476. The summed E-state index contributed by atoms with van der Waals surface area (Å²) in [5.41, 5.74) is 4.63. The van der Waals surface area contributed by atoms with E-state index in [1.165, 1.54) is 11.3 Å². The van der Waals surface area contributed by atoms with Gasteiger partial charge in [-0.3, -0.25) is 10.1 Å². The number of carbonyl (C=O) groups excluding carboxylic acids is 1. The van der Waals surface area contributed by atoms with Crippen molar-refractivity contribution in [3.8, 4) is 11.1 Å². The minimum atomic E-state index is -0.142. The van der Waals surface area contributed by atoms with Crippen molar-refractivity contribution >= 4 is 32.6 Å². The highest BCUT2D eigenvalue weighted by Crippen LogP contribution is 2.29. The van der Waals surface area contributed by atoms with Crippen LogP contribution in [0, 0.1) is 6.92 Å². The minimum Gasteiger partial charge on any atom is -0.298 e. The van der Waals surface area contributed by atoms with E-state index in [-0.39, 0.29) is 5.91 Å². The molecule has 0 fully saturated rings. The van der Waals surface area contributed by atoms with Crippen molar-refractivity contribution < 1.29 is 4.79 Å². The Labute approximate surface area is 150 Å². The minimum absolute atomic E-state index is 0.142. The molecule has 0 bridgehead atoms. The Morgan fingerprint density at radius 2 is 1.68 bits per heavy atom. The molecule has 0 unspecified atom stereocenters. The number of thiazole rings is 1. The molecular weight excluding hydrogens is 328 g/mol. The zero-order valence-corrected chi connectivity index (χ0v) is 14.5. The van der Waals surface area contributed by atoms with Gasteiger partial charge in [0.2, 0.25) is 0 Å². The number of aryl methyl sites for hydroxylation is 1. The first-order valence-corrected chi connectivity index (χ1v) is 8.86. The van der Waals surface area contributed by atoms with Gasteiger partial charge in [0.15, 0.2) is 5.13 Å². The van der Waals surface area contributed by atoms with Crippen LogP contribution in [0.2, 0.25) is 0 Å². The molecule has 3 aromatic carbocycles. The number of rotatable bonds is 3. The van der Waals surface area contributed by atoms with E-state index in [1.54, 1.807) is 0 Å². The van der Waals surface area contributed by atoms with Gasteiger partial charge in [-0.25, -0.2) is 4.98 Å². The number of hydrogen-bond donors (Lipinski definition) is 1. The van der Waals surface area contributed by atoms with Gasteiger partial charge in [-0.2, -0.15) is 0 Å². The first kappa shape index (κ1) is 15.5. The van der Waals surface area contributed by atoms with Gasteiger partial charge in [-0.1, -0.05) is 72.0 Å². The summed E-state index contributed by atoms with van der Waals surface area (Å²) >= 11 is 1.49. The molecule has 1 N–H and O–H groups in total. The average Bonchev–Trinajstić information content (AvgIpc) is 3.06. The Hall–Kier alpha value is -2.98. The van der Waals surface area contributed by atoms with E-state index in [4.69, 9.17) is 0 Å². The molecule has 4 heteroatoms. The van der Waals surface area contributed by atoms with Crippen LogP contribution < -0.4 is 5.32 Å². The van der Waals surface area contributed by atoms with Crippen LogP contribution in [0.3, 0.4) is 0 Å². The van der Waals surface area contributed by atoms with Crippen LogP contribution >= 0.6 is 11.3 Å². The Bertz CT molecular complexity index is 1050. The standard InChI is InChI=1S/C21H16N2OS/c1-14-8-7-13-18-19(14)22-21(25-18)23-20(24)17-12-6-5-11-16(17)15-9-3-2-4-10-15/h2-13H,1H3,(H,22,23,24). The number of amides is 1. The highest BCUT2D eigenvalue weighted by Gasteiger charge is 2.14. The van der Waals surface area contributed by atoms with Gasteiger partial charge in [0.1, 0.15) is 0 Å². The van der Waals surface area contributed by atoms with Crippen molar-refractivity contribution in [1.82, 2.24) is 4.98 Å². The monoisotopic (exact) mass is 344 g/mol. The summed E-state index contributed by atoms with van der Waals surface area (Å²) in [6, 6.07) is 23.6. The van der Waals surface area contributed by atoms with Crippen LogP contribution in [0.15, 0.2) is 72.8 Å². The normalized spacial score (nSPS) is 10.8. The largest absolute Gasteiger partial charge is 0.298 e. The number of fused-ring (bicyclic) bond motifs is 1. The quantitative estimate of drug-likeness (QED) is 0.531. The van der Waals surface area contributed by atoms with Gasteiger partial charge in [-0.15, -0.1) is 0 Å². The molecule has 0 aliphatic heterocycles. The van der Waals surface area contributed by atoms with Crippen LogP contribution in [-0.4, -0.2) is 10.9 Å². The predicted octanol–water partition coefficient (Wildman–Crippen LogP) is 5.52. The van der Waals surface area contributed by atoms with Gasteiger partial charge in [0, 0.05) is 5.56 Å². The Balaban J connectivity index is 1.68. The van der Waals surface area contributed by atoms with Crippen molar-refractivity contribution in [3.05, 3.63) is 83.9 Å². The van der Waals surface area contributed by atoms with E-state index in [0.29, 0.717) is 10.7 Å². The van der Waals surface area contributed by atoms with Crippen LogP contribution in [0.25, 0.3) is 21.3 Å². The van der Waals surface area contributed by atoms with Gasteiger partial charge < -0.3 is 0 Å². The topological polar surface area (TPSA) is 42.0 Å². The van der Waals surface area contributed by atoms with Gasteiger partial charge >= 0.3 is 0 Å². The SMILES string of the molecule is Cc1cccc2sc(NC(=O)c3ccccc3-c3ccccc3)nc12. The maximum absolute atomic E-state index is 12.8. The maximum Gasteiger partial charge on any atom is 0.258 e. The molecule has 1 amide bonds. The number of hydrogen-bond acceptors (Lipinski definition) is 3. The van der Waals surface area contributed by atoms with E-state index in [9.17, 15) is 4.79 Å². The van der Waals surface area contributed by atoms with E-state index >= 15 is 0 Å². The van der Waals surface area contributed by atoms with Crippen molar-refractivity contribution in [2.45, 2.75) is 6.92 Å². The average molecular weight is 344 g/mol. The molecule has 4 rings (SSSR count). The van der Waals surface area contributed by atoms with Crippen LogP contribution in [0.1, 0.15) is 15.9 Å². The zero-order chi connectivity index (χ0) is 17.2. The lowest BCUT2D eigenvalue weighted by Crippen LogP contribution is -2.12. The fourth-order valence-corrected chi connectivity index (χ4v) is 3.79. The number of nitrogens with one attached hydrogen (secondary N) is 1. The summed E-state index contributed by atoms with van der Waals surface area (Å²) in [5.74, 6) is -0.142. The first-order chi connectivity index (χ1) is 12.2. The molecular formula is C21H16N2OS. The number of para-hydroxylation sites is 1. The number of carbonyl (C=O) groups is 1. The van der Waals surface area contributed by atoms with Crippen molar-refractivity contribution in [1.29, 1.82) is 0 Å². The lowest BCUT2D eigenvalue weighted by molar-refractivity contribution is 0.102. The summed E-state index contributed by atoms with van der Waals surface area (Å²) in [7, 11) is 0. The second kappa shape index (κ2) is 6.49. The van der Waals surface area contributed by atoms with Crippen molar-refractivity contribution in [3.63, 3.8) is 0 Å². The van der Waals surface area contributed by atoms with Crippen molar-refractivity contribution in [2.75, 3.05) is 5.32 Å². The summed E-state index contributed by atoms with van der Waals surface area (Å²) in [6.07, 6.45) is 0.